The Bertz CT molecular complexity index is 2450. The maximum Gasteiger partial charge on any atom is 0.291 e. The zero-order chi connectivity index (χ0) is 40.4. The van der Waals surface area contributed by atoms with E-state index in [9.17, 15) is 24.3 Å². The van der Waals surface area contributed by atoms with E-state index in [1.54, 1.807) is 49.6 Å². The van der Waals surface area contributed by atoms with Crippen molar-refractivity contribution in [3.63, 3.8) is 0 Å². The van der Waals surface area contributed by atoms with Gasteiger partial charge in [-0.15, -0.1) is 0 Å². The summed E-state index contributed by atoms with van der Waals surface area (Å²) in [7, 11) is 3.08. The molecule has 0 fully saturated rings. The Kier molecular flexibility index (Phi) is 13.3. The fourth-order valence-corrected chi connectivity index (χ4v) is 5.98. The quantitative estimate of drug-likeness (QED) is 0.102. The second kappa shape index (κ2) is 18.5. The van der Waals surface area contributed by atoms with Crippen LogP contribution < -0.4 is 31.2 Å². The lowest BCUT2D eigenvalue weighted by Crippen LogP contribution is -2.28. The molecule has 0 aliphatic rings. The van der Waals surface area contributed by atoms with Gasteiger partial charge in [-0.05, 0) is 57.5 Å². The molecule has 6 aromatic rings. The summed E-state index contributed by atoms with van der Waals surface area (Å²) >= 11 is 0. The summed E-state index contributed by atoms with van der Waals surface area (Å²) in [5, 5.41) is 24.2. The van der Waals surface area contributed by atoms with Gasteiger partial charge in [-0.1, -0.05) is 72.8 Å². The second-order valence-corrected chi connectivity index (χ2v) is 12.5. The second-order valence-electron chi connectivity index (χ2n) is 12.5. The number of anilines is 4. The lowest BCUT2D eigenvalue weighted by atomic mass is 10.0. The van der Waals surface area contributed by atoms with Crippen LogP contribution in [0.5, 0.6) is 11.5 Å². The highest BCUT2D eigenvalue weighted by Gasteiger charge is 2.23. The van der Waals surface area contributed by atoms with Gasteiger partial charge in [-0.3, -0.25) is 19.2 Å². The molecule has 288 valence electrons. The molecule has 13 heteroatoms. The van der Waals surface area contributed by atoms with E-state index < -0.39 is 0 Å². The fourth-order valence-electron chi connectivity index (χ4n) is 5.98. The van der Waals surface area contributed by atoms with Crippen LogP contribution in [0.25, 0.3) is 22.5 Å². The molecule has 0 unspecified atom stereocenters. The molecule has 13 nitrogen and oxygen atoms in total. The van der Waals surface area contributed by atoms with Crippen molar-refractivity contribution < 1.29 is 24.2 Å². The Hall–Kier alpha value is -6.86. The van der Waals surface area contributed by atoms with Gasteiger partial charge in [0.1, 0.15) is 22.8 Å². The van der Waals surface area contributed by atoms with Gasteiger partial charge in [0, 0.05) is 41.7 Å². The van der Waals surface area contributed by atoms with Crippen molar-refractivity contribution in [2.45, 2.75) is 47.4 Å². The highest BCUT2D eigenvalue weighted by Crippen LogP contribution is 2.33. The minimum Gasteiger partial charge on any atom is -0.493 e. The number of aryl methyl sites for hydroxylation is 2. The van der Waals surface area contributed by atoms with Crippen molar-refractivity contribution in [2.75, 3.05) is 24.9 Å². The first-order valence-corrected chi connectivity index (χ1v) is 17.9. The first-order chi connectivity index (χ1) is 27.0. The molecule has 0 bridgehead atoms. The highest BCUT2D eigenvalue weighted by atomic mass is 16.5. The molecule has 3 N–H and O–H groups in total. The van der Waals surface area contributed by atoms with E-state index in [4.69, 9.17) is 9.47 Å². The van der Waals surface area contributed by atoms with Crippen LogP contribution in [-0.2, 0) is 19.7 Å². The lowest BCUT2D eigenvalue weighted by molar-refractivity contribution is 0.101. The number of rotatable bonds is 13. The lowest BCUT2D eigenvalue weighted by Gasteiger charge is -2.17. The first kappa shape index (κ1) is 40.3. The third-order valence-corrected chi connectivity index (χ3v) is 8.77. The Labute approximate surface area is 324 Å². The molecule has 0 aliphatic carbocycles. The van der Waals surface area contributed by atoms with Crippen LogP contribution in [-0.4, -0.2) is 50.5 Å². The third-order valence-electron chi connectivity index (χ3n) is 8.77. The molecule has 0 atom stereocenters. The predicted molar refractivity (Wildman–Crippen MR) is 218 cm³/mol. The standard InChI is InChI=1S/C22H23N3O4.C21H21N3O3/c1-5-25-22(27)21(23-16-11-12-17(28-3)18(13-16)29-4)19(14(2)26)20(24-25)15-9-7-6-8-10-15;1-3-24-21(27)20(22-17-11-9-15(13-25)10-12-17)18(14(2)26)19(23-24)16-7-5-4-6-8-16/h6-13,23H,5H2,1-4H3;4-12,22,25H,3,13H2,1-2H3. The molecular formula is C43H44N6O7. The van der Waals surface area contributed by atoms with Crippen LogP contribution >= 0.6 is 0 Å². The topological polar surface area (TPSA) is 167 Å². The summed E-state index contributed by atoms with van der Waals surface area (Å²) < 4.78 is 13.3. The van der Waals surface area contributed by atoms with Gasteiger partial charge >= 0.3 is 0 Å². The molecule has 6 rings (SSSR count). The zero-order valence-electron chi connectivity index (χ0n) is 32.1. The van der Waals surface area contributed by atoms with Gasteiger partial charge in [0.05, 0.1) is 32.0 Å². The summed E-state index contributed by atoms with van der Waals surface area (Å²) in [5.74, 6) is 0.585. The molecule has 0 radical (unpaired) electrons. The molecule has 0 spiro atoms. The van der Waals surface area contributed by atoms with Crippen molar-refractivity contribution in [2.24, 2.45) is 0 Å². The van der Waals surface area contributed by atoms with E-state index >= 15 is 0 Å². The van der Waals surface area contributed by atoms with Crippen molar-refractivity contribution in [3.8, 4) is 34.0 Å². The molecule has 2 heterocycles. The number of carbonyl (C=O) groups is 2. The van der Waals surface area contributed by atoms with E-state index in [0.717, 1.165) is 16.7 Å². The number of hydrogen-bond donors (Lipinski definition) is 3. The molecule has 2 aromatic heterocycles. The van der Waals surface area contributed by atoms with Crippen LogP contribution in [0.4, 0.5) is 22.7 Å². The number of nitrogens with one attached hydrogen (secondary N) is 2. The summed E-state index contributed by atoms with van der Waals surface area (Å²) in [6.07, 6.45) is 0. The van der Waals surface area contributed by atoms with Crippen molar-refractivity contribution in [3.05, 3.63) is 141 Å². The SMILES string of the molecule is CCn1nc(-c2ccccc2)c(C(C)=O)c(Nc2ccc(CO)cc2)c1=O.CCn1nc(-c2ccccc2)c(C(C)=O)c(Nc2ccc(OC)c(OC)c2)c1=O. The van der Waals surface area contributed by atoms with Crippen LogP contribution in [0, 0.1) is 0 Å². The fraction of sp³-hybridized carbons (Fsp3) is 0.209. The van der Waals surface area contributed by atoms with E-state index in [1.165, 1.54) is 30.3 Å². The number of Topliss-reactive ketones (excluding diaryl/α,β-unsaturated/α-hetero) is 2. The number of ketones is 2. The molecule has 56 heavy (non-hydrogen) atoms. The summed E-state index contributed by atoms with van der Waals surface area (Å²) in [4.78, 5) is 50.9. The van der Waals surface area contributed by atoms with Crippen LogP contribution in [0.2, 0.25) is 0 Å². The first-order valence-electron chi connectivity index (χ1n) is 17.9. The average molecular weight is 757 g/mol. The number of aliphatic hydroxyl groups excluding tert-OH is 1. The monoisotopic (exact) mass is 756 g/mol. The third kappa shape index (κ3) is 8.91. The predicted octanol–water partition coefficient (Wildman–Crippen LogP) is 7.26. The van der Waals surface area contributed by atoms with Gasteiger partial charge in [-0.2, -0.15) is 10.2 Å². The van der Waals surface area contributed by atoms with E-state index in [0.29, 0.717) is 47.4 Å². The number of aliphatic hydroxyl groups is 1. The average Bonchev–Trinajstić information content (AvgIpc) is 3.22. The maximum absolute atomic E-state index is 13.0. The van der Waals surface area contributed by atoms with Gasteiger partial charge in [0.15, 0.2) is 23.1 Å². The number of methoxy groups -OCH3 is 2. The van der Waals surface area contributed by atoms with Gasteiger partial charge in [-0.25, -0.2) is 9.36 Å². The Balaban J connectivity index is 0.000000215. The van der Waals surface area contributed by atoms with Crippen molar-refractivity contribution in [1.82, 2.24) is 19.6 Å². The Morgan fingerprint density at radius 2 is 1.05 bits per heavy atom. The molecule has 4 aromatic carbocycles. The van der Waals surface area contributed by atoms with E-state index in [1.807, 2.05) is 74.5 Å². The van der Waals surface area contributed by atoms with Gasteiger partial charge < -0.3 is 25.2 Å². The normalized spacial score (nSPS) is 10.6. The minimum absolute atomic E-state index is 0.0605. The number of nitrogens with zero attached hydrogens (tertiary/aromatic N) is 4. The number of carbonyl (C=O) groups excluding carboxylic acids is 2. The number of benzene rings is 4. The molecule has 0 saturated heterocycles. The van der Waals surface area contributed by atoms with Crippen LogP contribution in [0.15, 0.2) is 113 Å². The summed E-state index contributed by atoms with van der Waals surface area (Å²) in [6, 6.07) is 30.9. The van der Waals surface area contributed by atoms with E-state index in [-0.39, 0.29) is 51.8 Å². The number of ether oxygens (including phenoxy) is 2. The summed E-state index contributed by atoms with van der Waals surface area (Å²) in [6.45, 7) is 7.22. The zero-order valence-corrected chi connectivity index (χ0v) is 32.1. The van der Waals surface area contributed by atoms with Crippen LogP contribution in [0.1, 0.15) is 54.0 Å². The van der Waals surface area contributed by atoms with Gasteiger partial charge in [0.2, 0.25) is 0 Å². The molecule has 0 amide bonds. The molecule has 0 aliphatic heterocycles. The molecular weight excluding hydrogens is 713 g/mol. The van der Waals surface area contributed by atoms with E-state index in [2.05, 4.69) is 20.8 Å². The van der Waals surface area contributed by atoms with Crippen molar-refractivity contribution >= 4 is 34.3 Å². The smallest absolute Gasteiger partial charge is 0.291 e. The Morgan fingerprint density at radius 1 is 0.625 bits per heavy atom. The minimum atomic E-state index is -0.368. The highest BCUT2D eigenvalue weighted by molar-refractivity contribution is 6.06. The maximum atomic E-state index is 13.0. The Morgan fingerprint density at radius 3 is 1.45 bits per heavy atom. The largest absolute Gasteiger partial charge is 0.493 e. The van der Waals surface area contributed by atoms with Crippen LogP contribution in [0.3, 0.4) is 0 Å². The molecule has 0 saturated carbocycles. The number of aromatic nitrogens is 4. The van der Waals surface area contributed by atoms with Crippen molar-refractivity contribution in [1.29, 1.82) is 0 Å². The summed E-state index contributed by atoms with van der Waals surface area (Å²) in [5.41, 5.74) is 4.65. The number of hydrogen-bond acceptors (Lipinski definition) is 11. The van der Waals surface area contributed by atoms with Gasteiger partial charge in [0.25, 0.3) is 11.1 Å².